The molecule has 140 valence electrons. The molecule has 2 atom stereocenters. The van der Waals surface area contributed by atoms with E-state index in [9.17, 15) is 18.1 Å². The number of rotatable bonds is 16. The maximum atomic E-state index is 11.3. The summed E-state index contributed by atoms with van der Waals surface area (Å²) in [6.07, 6.45) is 12.3. The van der Waals surface area contributed by atoms with E-state index < -0.39 is 15.4 Å². The third-order valence-electron chi connectivity index (χ3n) is 4.49. The van der Waals surface area contributed by atoms with Crippen molar-refractivity contribution in [2.45, 2.75) is 115 Å². The fourth-order valence-electron chi connectivity index (χ4n) is 2.93. The van der Waals surface area contributed by atoms with Crippen molar-refractivity contribution in [3.63, 3.8) is 0 Å². The smallest absolute Gasteiger partial charge is 0.748 e. The monoisotopic (exact) mass is 388 g/mol. The minimum absolute atomic E-state index is 0. The Morgan fingerprint density at radius 2 is 1.12 bits per heavy atom. The van der Waals surface area contributed by atoms with Crippen LogP contribution in [0, 0.1) is 0 Å². The van der Waals surface area contributed by atoms with E-state index in [4.69, 9.17) is 0 Å². The van der Waals surface area contributed by atoms with Gasteiger partial charge in [0.1, 0.15) is 0 Å². The summed E-state index contributed by atoms with van der Waals surface area (Å²) in [6, 6.07) is 0. The number of aliphatic hydroxyl groups excluding tert-OH is 1. The Labute approximate surface area is 192 Å². The van der Waals surface area contributed by atoms with Gasteiger partial charge in [0.05, 0.1) is 16.2 Å². The van der Waals surface area contributed by atoms with Crippen molar-refractivity contribution >= 4 is 10.1 Å². The van der Waals surface area contributed by atoms with Crippen LogP contribution < -0.4 is 51.4 Å². The molecule has 0 saturated carbocycles. The van der Waals surface area contributed by atoms with Crippen LogP contribution >= 0.6 is 0 Å². The molecule has 0 amide bonds. The Bertz CT molecular complexity index is 360. The normalized spacial score (nSPS) is 14.2. The molecule has 0 heterocycles. The quantitative estimate of drug-likeness (QED) is 0.248. The van der Waals surface area contributed by atoms with Crippen LogP contribution in [0.2, 0.25) is 0 Å². The average Bonchev–Trinajstić information content (AvgIpc) is 2.48. The molecule has 0 aliphatic rings. The van der Waals surface area contributed by atoms with E-state index in [0.29, 0.717) is 25.7 Å². The van der Waals surface area contributed by atoms with Crippen molar-refractivity contribution in [3.8, 4) is 0 Å². The Hall–Kier alpha value is 1.51. The van der Waals surface area contributed by atoms with E-state index in [-0.39, 0.29) is 57.5 Å². The predicted octanol–water partition coefficient (Wildman–Crippen LogP) is 1.77. The van der Waals surface area contributed by atoms with Crippen molar-refractivity contribution in [2.75, 3.05) is 0 Å². The first kappa shape index (κ1) is 27.7. The summed E-state index contributed by atoms with van der Waals surface area (Å²) >= 11 is 0. The minimum Gasteiger partial charge on any atom is -0.748 e. The van der Waals surface area contributed by atoms with E-state index in [0.717, 1.165) is 57.8 Å². The van der Waals surface area contributed by atoms with Crippen LogP contribution in [-0.2, 0) is 10.1 Å². The van der Waals surface area contributed by atoms with Crippen LogP contribution in [0.5, 0.6) is 0 Å². The van der Waals surface area contributed by atoms with Gasteiger partial charge in [0.15, 0.2) is 0 Å². The molecule has 0 rings (SSSR count). The third kappa shape index (κ3) is 16.9. The second kappa shape index (κ2) is 17.9. The van der Waals surface area contributed by atoms with Gasteiger partial charge in [-0.15, -0.1) is 0 Å². The number of unbranched alkanes of at least 4 members (excludes halogenated alkanes) is 7. The maximum absolute atomic E-state index is 11.3. The minimum atomic E-state index is -4.19. The molecule has 0 aliphatic heterocycles. The third-order valence-corrected chi connectivity index (χ3v) is 5.78. The molecule has 4 nitrogen and oxygen atoms in total. The van der Waals surface area contributed by atoms with Gasteiger partial charge in [-0.2, -0.15) is 0 Å². The van der Waals surface area contributed by atoms with E-state index in [1.54, 1.807) is 0 Å². The summed E-state index contributed by atoms with van der Waals surface area (Å²) in [5, 5.41) is 9.11. The molecule has 6 heteroatoms. The van der Waals surface area contributed by atoms with Crippen molar-refractivity contribution < 1.29 is 69.5 Å². The van der Waals surface area contributed by atoms with Gasteiger partial charge in [-0.25, -0.2) is 8.42 Å². The van der Waals surface area contributed by atoms with E-state index in [2.05, 4.69) is 13.8 Å². The molecule has 1 N–H and O–H groups in total. The van der Waals surface area contributed by atoms with Crippen LogP contribution in [0.1, 0.15) is 104 Å². The summed E-state index contributed by atoms with van der Waals surface area (Å²) in [6.45, 7) is 4.28. The largest absolute Gasteiger partial charge is 1.00 e. The van der Waals surface area contributed by atoms with Gasteiger partial charge in [0, 0.05) is 5.25 Å². The van der Waals surface area contributed by atoms with Gasteiger partial charge in [-0.1, -0.05) is 78.1 Å². The Morgan fingerprint density at radius 1 is 0.750 bits per heavy atom. The van der Waals surface area contributed by atoms with Gasteiger partial charge in [-0.05, 0) is 25.7 Å². The van der Waals surface area contributed by atoms with Gasteiger partial charge in [0.2, 0.25) is 0 Å². The molecule has 0 saturated heterocycles. The van der Waals surface area contributed by atoms with Gasteiger partial charge in [0.25, 0.3) is 0 Å². The molecule has 0 aromatic carbocycles. The molecular weight excluding hydrogens is 351 g/mol. The van der Waals surface area contributed by atoms with E-state index in [1.165, 1.54) is 6.42 Å². The molecule has 2 unspecified atom stereocenters. The summed E-state index contributed by atoms with van der Waals surface area (Å²) in [7, 11) is -4.19. The second-order valence-electron chi connectivity index (χ2n) is 6.75. The average molecular weight is 389 g/mol. The summed E-state index contributed by atoms with van der Waals surface area (Å²) in [5.74, 6) is 0. The first-order valence-electron chi connectivity index (χ1n) is 9.54. The second-order valence-corrected chi connectivity index (χ2v) is 8.40. The zero-order valence-corrected chi connectivity index (χ0v) is 20.1. The molecule has 0 radical (unpaired) electrons. The van der Waals surface area contributed by atoms with Crippen LogP contribution in [-0.4, -0.2) is 29.4 Å². The summed E-state index contributed by atoms with van der Waals surface area (Å²) in [5.41, 5.74) is 0. The molecule has 0 aromatic rings. The summed E-state index contributed by atoms with van der Waals surface area (Å²) < 4.78 is 34.0. The molecule has 0 fully saturated rings. The number of hydrogen-bond acceptors (Lipinski definition) is 4. The predicted molar refractivity (Wildman–Crippen MR) is 95.5 cm³/mol. The molecule has 24 heavy (non-hydrogen) atoms. The summed E-state index contributed by atoms with van der Waals surface area (Å²) in [4.78, 5) is 0. The Morgan fingerprint density at radius 3 is 1.62 bits per heavy atom. The first-order chi connectivity index (χ1) is 10.9. The van der Waals surface area contributed by atoms with Gasteiger partial charge < -0.3 is 9.66 Å². The van der Waals surface area contributed by atoms with Crippen molar-refractivity contribution in [3.05, 3.63) is 0 Å². The van der Waals surface area contributed by atoms with Crippen molar-refractivity contribution in [1.29, 1.82) is 0 Å². The Kier molecular flexibility index (Phi) is 20.7. The first-order valence-corrected chi connectivity index (χ1v) is 11.0. The van der Waals surface area contributed by atoms with Crippen LogP contribution in [0.25, 0.3) is 0 Å². The molecular formula is C18H37KO4S. The maximum Gasteiger partial charge on any atom is 1.00 e. The fraction of sp³-hybridized carbons (Fsp3) is 1.00. The van der Waals surface area contributed by atoms with E-state index >= 15 is 0 Å². The topological polar surface area (TPSA) is 77.4 Å². The number of hydrogen-bond donors (Lipinski definition) is 1. The van der Waals surface area contributed by atoms with Crippen LogP contribution in [0.15, 0.2) is 0 Å². The van der Waals surface area contributed by atoms with E-state index in [1.807, 2.05) is 0 Å². The van der Waals surface area contributed by atoms with Crippen molar-refractivity contribution in [1.82, 2.24) is 0 Å². The standard InChI is InChI=1S/C18H38O4S.K/c1-3-5-7-8-10-15-18(23(20,21)22)16-12-11-14-17(19)13-9-6-4-2;/h17-19H,3-16H2,1-2H3,(H,20,21,22);/q;+1/p-1. The molecule has 0 spiro atoms. The fourth-order valence-corrected chi connectivity index (χ4v) is 3.85. The molecule has 0 aliphatic carbocycles. The van der Waals surface area contributed by atoms with Crippen LogP contribution in [0.3, 0.4) is 0 Å². The zero-order valence-electron chi connectivity index (χ0n) is 16.1. The number of aliphatic hydroxyl groups is 1. The van der Waals surface area contributed by atoms with Crippen LogP contribution in [0.4, 0.5) is 0 Å². The Balaban J connectivity index is 0. The van der Waals surface area contributed by atoms with Crippen molar-refractivity contribution in [2.24, 2.45) is 0 Å². The molecule has 0 bridgehead atoms. The SMILES string of the molecule is CCCCCCCC(CCCCC(O)CCCCC)S(=O)(=O)[O-].[K+]. The molecule has 0 aromatic heterocycles. The van der Waals surface area contributed by atoms with Gasteiger partial charge in [-0.3, -0.25) is 0 Å². The van der Waals surface area contributed by atoms with Gasteiger partial charge >= 0.3 is 51.4 Å². The zero-order chi connectivity index (χ0) is 17.6.